The van der Waals surface area contributed by atoms with Crippen LogP contribution in [0.4, 0.5) is 0 Å². The minimum Gasteiger partial charge on any atom is -0.298 e. The Balaban J connectivity index is 1.71. The molecule has 0 radical (unpaired) electrons. The first kappa shape index (κ1) is 15.1. The Morgan fingerprint density at radius 3 is 2.17 bits per heavy atom. The summed E-state index contributed by atoms with van der Waals surface area (Å²) in [6, 6.07) is 16.2. The van der Waals surface area contributed by atoms with E-state index in [0.29, 0.717) is 0 Å². The zero-order chi connectivity index (χ0) is 15.8. The maximum Gasteiger partial charge on any atom is 0.0826 e. The minimum atomic E-state index is 0.0803. The van der Waals surface area contributed by atoms with Crippen LogP contribution in [0.25, 0.3) is 0 Å². The predicted molar refractivity (Wildman–Crippen MR) is 94.2 cm³/mol. The van der Waals surface area contributed by atoms with E-state index in [4.69, 9.17) is 23.2 Å². The Morgan fingerprint density at radius 2 is 1.52 bits per heavy atom. The summed E-state index contributed by atoms with van der Waals surface area (Å²) < 4.78 is 4.14. The first-order valence-corrected chi connectivity index (χ1v) is 8.82. The molecule has 0 saturated carbocycles. The van der Waals surface area contributed by atoms with Crippen LogP contribution < -0.4 is 5.32 Å². The smallest absolute Gasteiger partial charge is 0.0826 e. The molecule has 0 saturated heterocycles. The molecule has 6 heteroatoms. The number of hydrogen-bond donors (Lipinski definition) is 1. The molecule has 23 heavy (non-hydrogen) atoms. The molecule has 2 atom stereocenters. The largest absolute Gasteiger partial charge is 0.298 e. The number of rotatable bonds is 2. The number of hydrogen-bond acceptors (Lipinski definition) is 4. The van der Waals surface area contributed by atoms with Crippen LogP contribution in [0.1, 0.15) is 33.8 Å². The van der Waals surface area contributed by atoms with Crippen LogP contribution in [0, 0.1) is 0 Å². The maximum atomic E-state index is 6.01. The summed E-state index contributed by atoms with van der Waals surface area (Å²) in [4.78, 5) is 1.18. The topological polar surface area (TPSA) is 37.8 Å². The van der Waals surface area contributed by atoms with E-state index in [9.17, 15) is 0 Å². The van der Waals surface area contributed by atoms with E-state index in [1.54, 1.807) is 0 Å². The molecule has 4 rings (SSSR count). The van der Waals surface area contributed by atoms with Gasteiger partial charge in [-0.05, 0) is 46.9 Å². The van der Waals surface area contributed by atoms with Crippen LogP contribution in [-0.4, -0.2) is 9.59 Å². The number of benzene rings is 2. The van der Waals surface area contributed by atoms with Crippen molar-refractivity contribution in [2.24, 2.45) is 0 Å². The van der Waals surface area contributed by atoms with E-state index < -0.39 is 0 Å². The third-order valence-corrected chi connectivity index (χ3v) is 5.42. The van der Waals surface area contributed by atoms with Gasteiger partial charge >= 0.3 is 0 Å². The van der Waals surface area contributed by atoms with E-state index in [-0.39, 0.29) is 12.1 Å². The Hall–Kier alpha value is -1.46. The van der Waals surface area contributed by atoms with Gasteiger partial charge < -0.3 is 0 Å². The van der Waals surface area contributed by atoms with Crippen LogP contribution in [0.5, 0.6) is 0 Å². The number of nitrogens with one attached hydrogen (secondary N) is 1. The highest BCUT2D eigenvalue weighted by molar-refractivity contribution is 7.05. The highest BCUT2D eigenvalue weighted by Crippen LogP contribution is 2.37. The van der Waals surface area contributed by atoms with Crippen molar-refractivity contribution in [1.82, 2.24) is 14.9 Å². The molecule has 2 heterocycles. The first-order chi connectivity index (χ1) is 11.2. The molecule has 3 aromatic rings. The summed E-state index contributed by atoms with van der Waals surface area (Å²) >= 11 is 13.5. The maximum absolute atomic E-state index is 6.01. The number of halogens is 2. The molecule has 2 aromatic carbocycles. The molecule has 1 aliphatic heterocycles. The van der Waals surface area contributed by atoms with Gasteiger partial charge in [-0.1, -0.05) is 52.0 Å². The van der Waals surface area contributed by atoms with Crippen molar-refractivity contribution in [2.45, 2.75) is 18.5 Å². The average Bonchev–Trinajstić information content (AvgIpc) is 3.04. The van der Waals surface area contributed by atoms with Gasteiger partial charge in [-0.15, -0.1) is 5.10 Å². The van der Waals surface area contributed by atoms with Crippen LogP contribution in [0.2, 0.25) is 10.0 Å². The van der Waals surface area contributed by atoms with Gasteiger partial charge in [0.05, 0.1) is 16.6 Å². The Bertz CT molecular complexity index is 815. The molecule has 0 spiro atoms. The summed E-state index contributed by atoms with van der Waals surface area (Å²) in [6.45, 7) is 0. The van der Waals surface area contributed by atoms with Gasteiger partial charge in [0.1, 0.15) is 0 Å². The van der Waals surface area contributed by atoms with Crippen molar-refractivity contribution >= 4 is 34.7 Å². The molecule has 1 aliphatic rings. The van der Waals surface area contributed by atoms with Crippen LogP contribution in [0.15, 0.2) is 48.5 Å². The molecule has 2 unspecified atom stereocenters. The lowest BCUT2D eigenvalue weighted by atomic mass is 9.92. The highest BCUT2D eigenvalue weighted by atomic mass is 35.5. The van der Waals surface area contributed by atoms with Crippen molar-refractivity contribution in [3.8, 4) is 0 Å². The van der Waals surface area contributed by atoms with Crippen molar-refractivity contribution < 1.29 is 0 Å². The fraction of sp³-hybridized carbons (Fsp3) is 0.176. The van der Waals surface area contributed by atoms with Crippen molar-refractivity contribution in [3.05, 3.63) is 80.3 Å². The molecule has 0 fully saturated rings. The summed E-state index contributed by atoms with van der Waals surface area (Å²) in [5.41, 5.74) is 3.43. The van der Waals surface area contributed by atoms with E-state index in [1.807, 2.05) is 36.4 Å². The van der Waals surface area contributed by atoms with Crippen LogP contribution >= 0.6 is 34.7 Å². The zero-order valence-corrected chi connectivity index (χ0v) is 14.4. The second kappa shape index (κ2) is 6.21. The molecular weight excluding hydrogens is 349 g/mol. The van der Waals surface area contributed by atoms with Gasteiger partial charge in [0.2, 0.25) is 0 Å². The summed E-state index contributed by atoms with van der Waals surface area (Å²) in [7, 11) is 0. The molecular formula is C17H13Cl2N3S. The van der Waals surface area contributed by atoms with E-state index in [2.05, 4.69) is 27.0 Å². The van der Waals surface area contributed by atoms with Crippen LogP contribution in [-0.2, 0) is 6.42 Å². The van der Waals surface area contributed by atoms with E-state index >= 15 is 0 Å². The van der Waals surface area contributed by atoms with Crippen molar-refractivity contribution in [2.75, 3.05) is 0 Å². The SMILES string of the molecule is Clc1ccc(C2Cc3nnsc3C(c3ccc(Cl)cc3)N2)cc1. The second-order valence-electron chi connectivity index (χ2n) is 5.54. The standard InChI is InChI=1S/C17H13Cl2N3S/c18-12-5-1-10(2-6-12)14-9-15-17(23-22-21-15)16(20-14)11-3-7-13(19)8-4-11/h1-8,14,16,20H,9H2. The number of fused-ring (bicyclic) bond motifs is 1. The normalized spacial score (nSPS) is 20.3. The number of aromatic nitrogens is 2. The molecule has 116 valence electrons. The zero-order valence-electron chi connectivity index (χ0n) is 12.0. The Morgan fingerprint density at radius 1 is 0.913 bits per heavy atom. The van der Waals surface area contributed by atoms with Crippen molar-refractivity contribution in [3.63, 3.8) is 0 Å². The third kappa shape index (κ3) is 3.00. The molecule has 1 aromatic heterocycles. The Kier molecular flexibility index (Phi) is 4.07. The molecule has 0 aliphatic carbocycles. The van der Waals surface area contributed by atoms with Gasteiger partial charge in [0.25, 0.3) is 0 Å². The average molecular weight is 362 g/mol. The summed E-state index contributed by atoms with van der Waals surface area (Å²) in [5, 5.41) is 9.51. The molecule has 1 N–H and O–H groups in total. The minimum absolute atomic E-state index is 0.0803. The lowest BCUT2D eigenvalue weighted by Crippen LogP contribution is -2.33. The predicted octanol–water partition coefficient (Wildman–Crippen LogP) is 4.82. The lowest BCUT2D eigenvalue weighted by molar-refractivity contribution is 0.451. The highest BCUT2D eigenvalue weighted by Gasteiger charge is 2.31. The first-order valence-electron chi connectivity index (χ1n) is 7.29. The van der Waals surface area contributed by atoms with Gasteiger partial charge in [-0.25, -0.2) is 0 Å². The molecule has 0 amide bonds. The summed E-state index contributed by atoms with van der Waals surface area (Å²) in [5.74, 6) is 0. The van der Waals surface area contributed by atoms with Crippen LogP contribution in [0.3, 0.4) is 0 Å². The Labute approximate surface area is 148 Å². The quantitative estimate of drug-likeness (QED) is 0.710. The monoisotopic (exact) mass is 361 g/mol. The van der Waals surface area contributed by atoms with Gasteiger partial charge in [0, 0.05) is 22.5 Å². The third-order valence-electron chi connectivity index (χ3n) is 4.09. The second-order valence-corrected chi connectivity index (χ2v) is 7.20. The van der Waals surface area contributed by atoms with E-state index in [1.165, 1.54) is 27.5 Å². The number of nitrogens with zero attached hydrogens (tertiary/aromatic N) is 2. The fourth-order valence-electron chi connectivity index (χ4n) is 2.92. The fourth-order valence-corrected chi connectivity index (χ4v) is 3.94. The summed E-state index contributed by atoms with van der Waals surface area (Å²) in [6.07, 6.45) is 0.831. The molecule has 3 nitrogen and oxygen atoms in total. The lowest BCUT2D eigenvalue weighted by Gasteiger charge is -2.30. The molecule has 0 bridgehead atoms. The van der Waals surface area contributed by atoms with Gasteiger partial charge in [0.15, 0.2) is 0 Å². The van der Waals surface area contributed by atoms with E-state index in [0.717, 1.165) is 22.2 Å². The van der Waals surface area contributed by atoms with Crippen molar-refractivity contribution in [1.29, 1.82) is 0 Å². The van der Waals surface area contributed by atoms with Gasteiger partial charge in [-0.2, -0.15) is 0 Å². The van der Waals surface area contributed by atoms with Gasteiger partial charge in [-0.3, -0.25) is 5.32 Å².